The SMILES string of the molecule is CCc1ccc(NCc2ccc(C(=O)OC)[nH]2)cc1. The number of hydrogen-bond donors (Lipinski definition) is 2. The Morgan fingerprint density at radius 3 is 2.58 bits per heavy atom. The number of carbonyl (C=O) groups excluding carboxylic acids is 1. The van der Waals surface area contributed by atoms with Gasteiger partial charge in [0.25, 0.3) is 0 Å². The third-order valence-corrected chi connectivity index (χ3v) is 3.00. The van der Waals surface area contributed by atoms with Gasteiger partial charge in [-0.1, -0.05) is 19.1 Å². The lowest BCUT2D eigenvalue weighted by Gasteiger charge is -2.06. The summed E-state index contributed by atoms with van der Waals surface area (Å²) < 4.78 is 4.65. The molecule has 1 aromatic carbocycles. The van der Waals surface area contributed by atoms with Crippen LogP contribution in [0.25, 0.3) is 0 Å². The van der Waals surface area contributed by atoms with Crippen LogP contribution >= 0.6 is 0 Å². The number of methoxy groups -OCH3 is 1. The Kier molecular flexibility index (Phi) is 4.23. The molecule has 0 bridgehead atoms. The number of aryl methyl sites for hydroxylation is 1. The third-order valence-electron chi connectivity index (χ3n) is 3.00. The number of hydrogen-bond acceptors (Lipinski definition) is 3. The number of aromatic nitrogens is 1. The van der Waals surface area contributed by atoms with Gasteiger partial charge in [-0.25, -0.2) is 4.79 Å². The quantitative estimate of drug-likeness (QED) is 0.811. The Balaban J connectivity index is 1.94. The van der Waals surface area contributed by atoms with Crippen LogP contribution in [0, 0.1) is 0 Å². The zero-order chi connectivity index (χ0) is 13.7. The zero-order valence-corrected chi connectivity index (χ0v) is 11.2. The Morgan fingerprint density at radius 2 is 1.95 bits per heavy atom. The van der Waals surface area contributed by atoms with Gasteiger partial charge in [0.1, 0.15) is 5.69 Å². The molecule has 0 spiro atoms. The molecule has 19 heavy (non-hydrogen) atoms. The molecule has 0 aliphatic carbocycles. The molecule has 0 fully saturated rings. The molecule has 0 aliphatic heterocycles. The predicted molar refractivity (Wildman–Crippen MR) is 75.3 cm³/mol. The summed E-state index contributed by atoms with van der Waals surface area (Å²) in [5.74, 6) is -0.349. The van der Waals surface area contributed by atoms with Crippen molar-refractivity contribution in [1.29, 1.82) is 0 Å². The number of carbonyl (C=O) groups is 1. The lowest BCUT2D eigenvalue weighted by molar-refractivity contribution is 0.0594. The van der Waals surface area contributed by atoms with Crippen molar-refractivity contribution in [2.24, 2.45) is 0 Å². The van der Waals surface area contributed by atoms with Crippen molar-refractivity contribution in [3.63, 3.8) is 0 Å². The number of anilines is 1. The van der Waals surface area contributed by atoms with E-state index in [4.69, 9.17) is 0 Å². The standard InChI is InChI=1S/C15H18N2O2/c1-3-11-4-6-12(7-5-11)16-10-13-8-9-14(17-13)15(18)19-2/h4-9,16-17H,3,10H2,1-2H3. The van der Waals surface area contributed by atoms with E-state index in [-0.39, 0.29) is 5.97 Å². The molecule has 0 radical (unpaired) electrons. The van der Waals surface area contributed by atoms with Gasteiger partial charge in [-0.15, -0.1) is 0 Å². The number of nitrogens with one attached hydrogen (secondary N) is 2. The highest BCUT2D eigenvalue weighted by molar-refractivity contribution is 5.87. The Hall–Kier alpha value is -2.23. The molecule has 0 unspecified atom stereocenters. The zero-order valence-electron chi connectivity index (χ0n) is 11.2. The number of ether oxygens (including phenoxy) is 1. The van der Waals surface area contributed by atoms with Crippen LogP contribution < -0.4 is 5.32 Å². The van der Waals surface area contributed by atoms with Gasteiger partial charge in [-0.2, -0.15) is 0 Å². The van der Waals surface area contributed by atoms with Crippen LogP contribution in [0.5, 0.6) is 0 Å². The van der Waals surface area contributed by atoms with Crippen molar-refractivity contribution in [1.82, 2.24) is 4.98 Å². The van der Waals surface area contributed by atoms with E-state index in [1.807, 2.05) is 6.07 Å². The maximum absolute atomic E-state index is 11.3. The summed E-state index contributed by atoms with van der Waals surface area (Å²) in [4.78, 5) is 14.3. The molecule has 0 saturated heterocycles. The monoisotopic (exact) mass is 258 g/mol. The minimum absolute atomic E-state index is 0.349. The fourth-order valence-electron chi connectivity index (χ4n) is 1.83. The number of esters is 1. The summed E-state index contributed by atoms with van der Waals surface area (Å²) in [5, 5.41) is 3.30. The minimum Gasteiger partial charge on any atom is -0.464 e. The summed E-state index contributed by atoms with van der Waals surface area (Å²) in [6, 6.07) is 11.9. The van der Waals surface area contributed by atoms with E-state index in [2.05, 4.69) is 46.2 Å². The molecular weight excluding hydrogens is 240 g/mol. The molecule has 0 saturated carbocycles. The van der Waals surface area contributed by atoms with Crippen LogP contribution in [0.4, 0.5) is 5.69 Å². The van der Waals surface area contributed by atoms with Crippen molar-refractivity contribution in [3.05, 3.63) is 53.3 Å². The average Bonchev–Trinajstić information content (AvgIpc) is 2.93. The van der Waals surface area contributed by atoms with Crippen molar-refractivity contribution < 1.29 is 9.53 Å². The summed E-state index contributed by atoms with van der Waals surface area (Å²) in [6.45, 7) is 2.78. The van der Waals surface area contributed by atoms with Gasteiger partial charge in [0, 0.05) is 11.4 Å². The first-order valence-corrected chi connectivity index (χ1v) is 6.32. The van der Waals surface area contributed by atoms with E-state index in [1.54, 1.807) is 6.07 Å². The van der Waals surface area contributed by atoms with Gasteiger partial charge in [-0.3, -0.25) is 0 Å². The fourth-order valence-corrected chi connectivity index (χ4v) is 1.83. The highest BCUT2D eigenvalue weighted by Gasteiger charge is 2.07. The molecular formula is C15H18N2O2. The predicted octanol–water partition coefficient (Wildman–Crippen LogP) is 2.98. The van der Waals surface area contributed by atoms with Gasteiger partial charge in [0.2, 0.25) is 0 Å². The molecule has 0 atom stereocenters. The molecule has 2 N–H and O–H groups in total. The lowest BCUT2D eigenvalue weighted by atomic mass is 10.1. The summed E-state index contributed by atoms with van der Waals surface area (Å²) in [7, 11) is 1.37. The minimum atomic E-state index is -0.349. The Labute approximate surface area is 112 Å². The molecule has 4 heteroatoms. The number of rotatable bonds is 5. The second kappa shape index (κ2) is 6.09. The second-order valence-corrected chi connectivity index (χ2v) is 4.29. The van der Waals surface area contributed by atoms with Gasteiger partial charge < -0.3 is 15.0 Å². The smallest absolute Gasteiger partial charge is 0.354 e. The Bertz CT molecular complexity index is 544. The first kappa shape index (κ1) is 13.2. The topological polar surface area (TPSA) is 54.1 Å². The van der Waals surface area contributed by atoms with Gasteiger partial charge >= 0.3 is 5.97 Å². The van der Waals surface area contributed by atoms with Crippen molar-refractivity contribution >= 4 is 11.7 Å². The van der Waals surface area contributed by atoms with Crippen LogP contribution in [-0.2, 0) is 17.7 Å². The molecule has 0 amide bonds. The van der Waals surface area contributed by atoms with Crippen molar-refractivity contribution in [2.45, 2.75) is 19.9 Å². The van der Waals surface area contributed by atoms with Crippen LogP contribution in [0.2, 0.25) is 0 Å². The molecule has 1 heterocycles. The van der Waals surface area contributed by atoms with Crippen LogP contribution in [0.15, 0.2) is 36.4 Å². The van der Waals surface area contributed by atoms with E-state index in [1.165, 1.54) is 12.7 Å². The fraction of sp³-hybridized carbons (Fsp3) is 0.267. The van der Waals surface area contributed by atoms with Gasteiger partial charge in [0.15, 0.2) is 0 Å². The summed E-state index contributed by atoms with van der Waals surface area (Å²) in [6.07, 6.45) is 1.04. The van der Waals surface area contributed by atoms with Crippen LogP contribution in [-0.4, -0.2) is 18.1 Å². The molecule has 4 nitrogen and oxygen atoms in total. The maximum Gasteiger partial charge on any atom is 0.354 e. The van der Waals surface area contributed by atoms with E-state index in [9.17, 15) is 4.79 Å². The number of aromatic amines is 1. The largest absolute Gasteiger partial charge is 0.464 e. The van der Waals surface area contributed by atoms with Gasteiger partial charge in [-0.05, 0) is 36.2 Å². The van der Waals surface area contributed by atoms with Crippen molar-refractivity contribution in [3.8, 4) is 0 Å². The highest BCUT2D eigenvalue weighted by atomic mass is 16.5. The maximum atomic E-state index is 11.3. The second-order valence-electron chi connectivity index (χ2n) is 4.29. The van der Waals surface area contributed by atoms with E-state index in [0.29, 0.717) is 12.2 Å². The van der Waals surface area contributed by atoms with E-state index < -0.39 is 0 Å². The number of H-pyrrole nitrogens is 1. The van der Waals surface area contributed by atoms with E-state index in [0.717, 1.165) is 17.8 Å². The average molecular weight is 258 g/mol. The van der Waals surface area contributed by atoms with Crippen molar-refractivity contribution in [2.75, 3.05) is 12.4 Å². The molecule has 1 aromatic heterocycles. The first-order valence-electron chi connectivity index (χ1n) is 6.32. The molecule has 100 valence electrons. The van der Waals surface area contributed by atoms with Gasteiger partial charge in [0.05, 0.1) is 13.7 Å². The first-order chi connectivity index (χ1) is 9.22. The Morgan fingerprint density at radius 1 is 1.21 bits per heavy atom. The third kappa shape index (κ3) is 3.37. The molecule has 2 rings (SSSR count). The van der Waals surface area contributed by atoms with Crippen LogP contribution in [0.1, 0.15) is 28.7 Å². The number of benzene rings is 1. The highest BCUT2D eigenvalue weighted by Crippen LogP contribution is 2.12. The van der Waals surface area contributed by atoms with Crippen LogP contribution in [0.3, 0.4) is 0 Å². The summed E-state index contributed by atoms with van der Waals surface area (Å²) >= 11 is 0. The molecule has 0 aliphatic rings. The molecule has 2 aromatic rings. The normalized spacial score (nSPS) is 10.2. The van der Waals surface area contributed by atoms with E-state index >= 15 is 0 Å². The lowest BCUT2D eigenvalue weighted by Crippen LogP contribution is -2.03. The summed E-state index contributed by atoms with van der Waals surface area (Å²) in [5.41, 5.74) is 3.80.